The summed E-state index contributed by atoms with van der Waals surface area (Å²) in [5.41, 5.74) is 8.88. The smallest absolute Gasteiger partial charge is 0.416 e. The number of ether oxygens (including phenoxy) is 1. The first-order chi connectivity index (χ1) is 15.7. The van der Waals surface area contributed by atoms with Crippen LogP contribution in [0.3, 0.4) is 0 Å². The van der Waals surface area contributed by atoms with Gasteiger partial charge in [0.15, 0.2) is 5.13 Å². The van der Waals surface area contributed by atoms with E-state index in [9.17, 15) is 18.0 Å². The number of rotatable bonds is 7. The van der Waals surface area contributed by atoms with E-state index in [0.29, 0.717) is 22.9 Å². The van der Waals surface area contributed by atoms with Crippen molar-refractivity contribution in [3.05, 3.63) is 77.4 Å². The van der Waals surface area contributed by atoms with Crippen LogP contribution in [0.2, 0.25) is 0 Å². The van der Waals surface area contributed by atoms with Gasteiger partial charge in [0.1, 0.15) is 12.4 Å². The van der Waals surface area contributed by atoms with Crippen molar-refractivity contribution >= 4 is 32.7 Å². The van der Waals surface area contributed by atoms with Crippen molar-refractivity contribution in [1.82, 2.24) is 4.98 Å². The van der Waals surface area contributed by atoms with Gasteiger partial charge in [-0.3, -0.25) is 4.79 Å². The lowest BCUT2D eigenvalue weighted by atomic mass is 9.99. The van der Waals surface area contributed by atoms with Crippen molar-refractivity contribution in [2.75, 3.05) is 5.73 Å². The number of carbonyl (C=O) groups is 1. The molecule has 170 valence electrons. The minimum Gasteiger partial charge on any atom is -0.488 e. The van der Waals surface area contributed by atoms with Crippen LogP contribution >= 0.6 is 11.3 Å². The fourth-order valence-electron chi connectivity index (χ4n) is 3.40. The summed E-state index contributed by atoms with van der Waals surface area (Å²) in [6.45, 7) is 0.0787. The van der Waals surface area contributed by atoms with Gasteiger partial charge in [-0.15, -0.1) is 0 Å². The number of hydrogen-bond acceptors (Lipinski definition) is 5. The lowest BCUT2D eigenvalue weighted by molar-refractivity contribution is -0.138. The van der Waals surface area contributed by atoms with Crippen molar-refractivity contribution < 1.29 is 27.8 Å². The van der Waals surface area contributed by atoms with Gasteiger partial charge in [-0.2, -0.15) is 13.2 Å². The number of carboxylic acid groups (broad SMARTS) is 1. The number of fused-ring (bicyclic) bond motifs is 1. The van der Waals surface area contributed by atoms with Crippen molar-refractivity contribution in [3.63, 3.8) is 0 Å². The quantitative estimate of drug-likeness (QED) is 0.336. The van der Waals surface area contributed by atoms with Crippen LogP contribution in [0.5, 0.6) is 5.75 Å². The zero-order chi connectivity index (χ0) is 23.6. The van der Waals surface area contributed by atoms with Gasteiger partial charge >= 0.3 is 12.1 Å². The number of anilines is 1. The molecule has 1 aromatic heterocycles. The molecule has 0 unspecified atom stereocenters. The largest absolute Gasteiger partial charge is 0.488 e. The van der Waals surface area contributed by atoms with E-state index in [2.05, 4.69) is 4.98 Å². The van der Waals surface area contributed by atoms with E-state index >= 15 is 0 Å². The number of aromatic nitrogens is 1. The van der Waals surface area contributed by atoms with Gasteiger partial charge < -0.3 is 15.6 Å². The summed E-state index contributed by atoms with van der Waals surface area (Å²) in [5.74, 6) is -0.355. The number of nitrogen functional groups attached to an aromatic ring is 1. The third kappa shape index (κ3) is 5.43. The SMILES string of the molecule is Nc1nc2ccc(-c3cc(CCC(=O)O)ccc3OCc3ccc(C(F)(F)F)cc3)cc2s1. The van der Waals surface area contributed by atoms with E-state index < -0.39 is 17.7 Å². The van der Waals surface area contributed by atoms with Crippen molar-refractivity contribution in [3.8, 4) is 16.9 Å². The van der Waals surface area contributed by atoms with Gasteiger partial charge in [-0.05, 0) is 59.5 Å². The van der Waals surface area contributed by atoms with Crippen molar-refractivity contribution in [2.45, 2.75) is 25.6 Å². The summed E-state index contributed by atoms with van der Waals surface area (Å²) in [6.07, 6.45) is -4.04. The zero-order valence-corrected chi connectivity index (χ0v) is 18.0. The van der Waals surface area contributed by atoms with E-state index in [1.54, 1.807) is 12.1 Å². The monoisotopic (exact) mass is 472 g/mol. The highest BCUT2D eigenvalue weighted by Gasteiger charge is 2.29. The van der Waals surface area contributed by atoms with Crippen molar-refractivity contribution in [1.29, 1.82) is 0 Å². The maximum Gasteiger partial charge on any atom is 0.416 e. The number of nitrogens with zero attached hydrogens (tertiary/aromatic N) is 1. The highest BCUT2D eigenvalue weighted by atomic mass is 32.1. The standard InChI is InChI=1S/C24H19F3N2O3S/c25-24(26,27)17-6-1-15(2-7-17)13-32-20-9-3-14(4-10-22(30)31)11-18(20)16-5-8-19-21(12-16)33-23(28)29-19/h1-3,5-9,11-12H,4,10,13H2,(H2,28,29)(H,30,31). The van der Waals surface area contributed by atoms with Gasteiger partial charge in [0, 0.05) is 12.0 Å². The molecule has 4 aromatic rings. The first-order valence-corrected chi connectivity index (χ1v) is 10.8. The average Bonchev–Trinajstić information content (AvgIpc) is 3.15. The number of halogens is 3. The number of alkyl halides is 3. The fraction of sp³-hybridized carbons (Fsp3) is 0.167. The lowest BCUT2D eigenvalue weighted by Gasteiger charge is -2.14. The van der Waals surface area contributed by atoms with Crippen LogP contribution < -0.4 is 10.5 Å². The molecule has 0 bridgehead atoms. The third-order valence-electron chi connectivity index (χ3n) is 5.06. The predicted molar refractivity (Wildman–Crippen MR) is 121 cm³/mol. The molecule has 0 aliphatic carbocycles. The highest BCUT2D eigenvalue weighted by Crippen LogP contribution is 2.36. The average molecular weight is 472 g/mol. The van der Waals surface area contributed by atoms with Crippen molar-refractivity contribution in [2.24, 2.45) is 0 Å². The molecule has 0 radical (unpaired) electrons. The molecule has 1 heterocycles. The lowest BCUT2D eigenvalue weighted by Crippen LogP contribution is -2.05. The van der Waals surface area contributed by atoms with Crippen LogP contribution in [0.25, 0.3) is 21.3 Å². The molecule has 3 N–H and O–H groups in total. The van der Waals surface area contributed by atoms with E-state index in [4.69, 9.17) is 15.6 Å². The summed E-state index contributed by atoms with van der Waals surface area (Å²) < 4.78 is 45.2. The van der Waals surface area contributed by atoms with E-state index in [-0.39, 0.29) is 13.0 Å². The Bertz CT molecular complexity index is 1300. The second-order valence-electron chi connectivity index (χ2n) is 7.44. The first-order valence-electron chi connectivity index (χ1n) is 9.99. The second kappa shape index (κ2) is 9.11. The Kier molecular flexibility index (Phi) is 6.24. The molecule has 0 aliphatic rings. The molecule has 4 rings (SSSR count). The maximum atomic E-state index is 12.8. The summed E-state index contributed by atoms with van der Waals surface area (Å²) in [5, 5.41) is 9.46. The molecule has 0 fully saturated rings. The Balaban J connectivity index is 1.63. The predicted octanol–water partition coefficient (Wildman–Crippen LogP) is 6.16. The maximum absolute atomic E-state index is 12.8. The number of benzene rings is 3. The number of aliphatic carboxylic acids is 1. The number of aryl methyl sites for hydroxylation is 1. The van der Waals surface area contributed by atoms with Crippen LogP contribution in [0.4, 0.5) is 18.3 Å². The minimum absolute atomic E-state index is 0.00435. The molecule has 5 nitrogen and oxygen atoms in total. The third-order valence-corrected chi connectivity index (χ3v) is 5.91. The molecule has 9 heteroatoms. The molecule has 33 heavy (non-hydrogen) atoms. The number of thiazole rings is 1. The molecule has 0 amide bonds. The fourth-order valence-corrected chi connectivity index (χ4v) is 4.17. The van der Waals surface area contributed by atoms with Crippen LogP contribution in [-0.2, 0) is 24.0 Å². The van der Waals surface area contributed by atoms with Gasteiger partial charge in [0.05, 0.1) is 15.8 Å². The molecule has 0 saturated heterocycles. The van der Waals surface area contributed by atoms with E-state index in [0.717, 1.165) is 39.0 Å². The molecule has 0 saturated carbocycles. The Morgan fingerprint density at radius 3 is 2.45 bits per heavy atom. The molecular formula is C24H19F3N2O3S. The summed E-state index contributed by atoms with van der Waals surface area (Å²) in [7, 11) is 0. The zero-order valence-electron chi connectivity index (χ0n) is 17.2. The molecular weight excluding hydrogens is 453 g/mol. The number of nitrogens with two attached hydrogens (primary N) is 1. The number of carboxylic acids is 1. The molecule has 3 aromatic carbocycles. The van der Waals surface area contributed by atoms with Crippen LogP contribution in [0.1, 0.15) is 23.1 Å². The topological polar surface area (TPSA) is 85.4 Å². The Labute approximate surface area is 191 Å². The number of hydrogen-bond donors (Lipinski definition) is 2. The van der Waals surface area contributed by atoms with Crippen LogP contribution in [0, 0.1) is 0 Å². The van der Waals surface area contributed by atoms with Gasteiger partial charge in [-0.1, -0.05) is 35.6 Å². The van der Waals surface area contributed by atoms with Crippen LogP contribution in [-0.4, -0.2) is 16.1 Å². The Morgan fingerprint density at radius 1 is 1.03 bits per heavy atom. The van der Waals surface area contributed by atoms with Gasteiger partial charge in [0.2, 0.25) is 0 Å². The summed E-state index contributed by atoms with van der Waals surface area (Å²) in [6, 6.07) is 15.9. The van der Waals surface area contributed by atoms with E-state index in [1.807, 2.05) is 24.3 Å². The minimum atomic E-state index is -4.39. The normalized spacial score (nSPS) is 11.6. The van der Waals surface area contributed by atoms with Crippen LogP contribution in [0.15, 0.2) is 60.7 Å². The van der Waals surface area contributed by atoms with E-state index in [1.165, 1.54) is 23.5 Å². The van der Waals surface area contributed by atoms with Gasteiger partial charge in [-0.25, -0.2) is 4.98 Å². The Hall–Kier alpha value is -3.59. The Morgan fingerprint density at radius 2 is 1.76 bits per heavy atom. The molecule has 0 spiro atoms. The first kappa shape index (κ1) is 22.6. The second-order valence-corrected chi connectivity index (χ2v) is 8.50. The van der Waals surface area contributed by atoms with Gasteiger partial charge in [0.25, 0.3) is 0 Å². The molecule has 0 aliphatic heterocycles. The summed E-state index contributed by atoms with van der Waals surface area (Å²) in [4.78, 5) is 15.2. The molecule has 0 atom stereocenters. The highest BCUT2D eigenvalue weighted by molar-refractivity contribution is 7.22. The summed E-state index contributed by atoms with van der Waals surface area (Å²) >= 11 is 1.35.